The number of halogens is 1. The van der Waals surface area contributed by atoms with Crippen molar-refractivity contribution >= 4 is 21.6 Å². The lowest BCUT2D eigenvalue weighted by molar-refractivity contribution is -0.125. The van der Waals surface area contributed by atoms with Crippen molar-refractivity contribution in [2.75, 3.05) is 11.9 Å². The van der Waals surface area contributed by atoms with Gasteiger partial charge in [0.2, 0.25) is 15.9 Å². The summed E-state index contributed by atoms with van der Waals surface area (Å²) in [4.78, 5) is 12.1. The van der Waals surface area contributed by atoms with Crippen LogP contribution >= 0.6 is 0 Å². The van der Waals surface area contributed by atoms with Gasteiger partial charge in [0, 0.05) is 18.3 Å². The van der Waals surface area contributed by atoms with Crippen molar-refractivity contribution in [1.82, 2.24) is 4.72 Å². The lowest BCUT2D eigenvalue weighted by Gasteiger charge is -2.28. The second kappa shape index (κ2) is 7.16. The van der Waals surface area contributed by atoms with E-state index in [1.807, 2.05) is 13.8 Å². The number of rotatable bonds is 8. The number of benzene rings is 1. The molecule has 4 N–H and O–H groups in total. The van der Waals surface area contributed by atoms with Gasteiger partial charge < -0.3 is 11.1 Å². The van der Waals surface area contributed by atoms with E-state index in [1.165, 1.54) is 6.07 Å². The normalized spacial score (nSPS) is 15.3. The first-order chi connectivity index (χ1) is 11.3. The molecule has 2 rings (SSSR count). The van der Waals surface area contributed by atoms with Crippen LogP contribution in [0, 0.1) is 11.2 Å². The Bertz CT molecular complexity index is 705. The predicted octanol–water partition coefficient (Wildman–Crippen LogP) is 1.97. The third-order valence-corrected chi connectivity index (χ3v) is 6.14. The summed E-state index contributed by atoms with van der Waals surface area (Å²) in [5.41, 5.74) is 5.25. The largest absolute Gasteiger partial charge is 0.329 e. The zero-order valence-electron chi connectivity index (χ0n) is 13.9. The van der Waals surface area contributed by atoms with Gasteiger partial charge in [0.15, 0.2) is 0 Å². The van der Waals surface area contributed by atoms with Gasteiger partial charge in [-0.2, -0.15) is 0 Å². The molecule has 1 aromatic rings. The fourth-order valence-electron chi connectivity index (χ4n) is 2.49. The smallest absolute Gasteiger partial charge is 0.243 e. The van der Waals surface area contributed by atoms with Crippen LogP contribution in [0.3, 0.4) is 0 Å². The van der Waals surface area contributed by atoms with Crippen LogP contribution in [0.15, 0.2) is 23.1 Å². The summed E-state index contributed by atoms with van der Waals surface area (Å²) < 4.78 is 40.8. The van der Waals surface area contributed by atoms with Crippen LogP contribution in [0.2, 0.25) is 0 Å². The van der Waals surface area contributed by atoms with Crippen molar-refractivity contribution in [1.29, 1.82) is 0 Å². The van der Waals surface area contributed by atoms with Crippen LogP contribution in [-0.4, -0.2) is 26.9 Å². The van der Waals surface area contributed by atoms with E-state index in [2.05, 4.69) is 10.0 Å². The summed E-state index contributed by atoms with van der Waals surface area (Å²) in [6.45, 7) is 3.92. The van der Waals surface area contributed by atoms with Crippen molar-refractivity contribution in [3.63, 3.8) is 0 Å². The topological polar surface area (TPSA) is 101 Å². The fourth-order valence-corrected chi connectivity index (χ4v) is 3.90. The number of carbonyl (C=O) groups is 1. The number of carbonyl (C=O) groups excluding carboxylic acids is 1. The zero-order valence-corrected chi connectivity index (χ0v) is 14.7. The molecule has 0 spiro atoms. The summed E-state index contributed by atoms with van der Waals surface area (Å²) in [7, 11) is -3.94. The quantitative estimate of drug-likeness (QED) is 0.662. The first-order valence-corrected chi connectivity index (χ1v) is 9.59. The highest BCUT2D eigenvalue weighted by molar-refractivity contribution is 7.89. The second-order valence-electron chi connectivity index (χ2n) is 6.19. The molecular formula is C16H24FN3O3S. The number of hydrogen-bond acceptors (Lipinski definition) is 4. The SMILES string of the molecule is CCC(CC)(CN)C(=O)Nc1ccc(F)c(S(=O)(=O)NC2CC2)c1. The van der Waals surface area contributed by atoms with Gasteiger partial charge in [0.25, 0.3) is 0 Å². The number of nitrogens with one attached hydrogen (secondary N) is 2. The van der Waals surface area contributed by atoms with Crippen LogP contribution < -0.4 is 15.8 Å². The number of sulfonamides is 1. The molecule has 1 saturated carbocycles. The van der Waals surface area contributed by atoms with E-state index in [0.717, 1.165) is 25.0 Å². The van der Waals surface area contributed by atoms with Gasteiger partial charge >= 0.3 is 0 Å². The van der Waals surface area contributed by atoms with Gasteiger partial charge in [0.1, 0.15) is 10.7 Å². The minimum Gasteiger partial charge on any atom is -0.329 e. The van der Waals surface area contributed by atoms with E-state index in [1.54, 1.807) is 0 Å². The monoisotopic (exact) mass is 357 g/mol. The van der Waals surface area contributed by atoms with Gasteiger partial charge in [-0.15, -0.1) is 0 Å². The summed E-state index contributed by atoms with van der Waals surface area (Å²) in [5, 5.41) is 2.67. The molecule has 0 radical (unpaired) electrons. The van der Waals surface area contributed by atoms with E-state index in [-0.39, 0.29) is 24.2 Å². The molecule has 1 aliphatic rings. The Balaban J connectivity index is 2.26. The Kier molecular flexibility index (Phi) is 5.62. The van der Waals surface area contributed by atoms with Gasteiger partial charge in [-0.25, -0.2) is 17.5 Å². The molecule has 0 heterocycles. The Labute approximate surface area is 142 Å². The lowest BCUT2D eigenvalue weighted by Crippen LogP contribution is -2.41. The maximum absolute atomic E-state index is 14.0. The third kappa shape index (κ3) is 3.93. The van der Waals surface area contributed by atoms with Gasteiger partial charge in [-0.05, 0) is 43.9 Å². The summed E-state index contributed by atoms with van der Waals surface area (Å²) in [6.07, 6.45) is 2.62. The first kappa shape index (κ1) is 18.8. The molecule has 0 aliphatic heterocycles. The van der Waals surface area contributed by atoms with Crippen molar-refractivity contribution in [3.8, 4) is 0 Å². The maximum atomic E-state index is 14.0. The highest BCUT2D eigenvalue weighted by Crippen LogP contribution is 2.29. The zero-order chi connectivity index (χ0) is 18.0. The van der Waals surface area contributed by atoms with Crippen LogP contribution in [-0.2, 0) is 14.8 Å². The first-order valence-electron chi connectivity index (χ1n) is 8.11. The van der Waals surface area contributed by atoms with Crippen molar-refractivity contribution in [3.05, 3.63) is 24.0 Å². The summed E-state index contributed by atoms with van der Waals surface area (Å²) in [6, 6.07) is 3.40. The average molecular weight is 357 g/mol. The fraction of sp³-hybridized carbons (Fsp3) is 0.562. The van der Waals surface area contributed by atoms with Crippen molar-refractivity contribution < 1.29 is 17.6 Å². The molecule has 1 amide bonds. The van der Waals surface area contributed by atoms with E-state index in [4.69, 9.17) is 5.73 Å². The molecule has 8 heteroatoms. The van der Waals surface area contributed by atoms with Gasteiger partial charge in [0.05, 0.1) is 5.41 Å². The van der Waals surface area contributed by atoms with Crippen molar-refractivity contribution in [2.24, 2.45) is 11.1 Å². The van der Waals surface area contributed by atoms with Crippen LogP contribution in [0.25, 0.3) is 0 Å². The third-order valence-electron chi connectivity index (χ3n) is 4.60. The Hall–Kier alpha value is -1.51. The molecule has 134 valence electrons. The molecule has 1 aliphatic carbocycles. The Morgan fingerprint density at radius 1 is 1.33 bits per heavy atom. The van der Waals surface area contributed by atoms with Gasteiger partial charge in [-0.3, -0.25) is 4.79 Å². The number of nitrogens with two attached hydrogens (primary N) is 1. The van der Waals surface area contributed by atoms with Crippen molar-refractivity contribution in [2.45, 2.75) is 50.5 Å². The number of amides is 1. The Morgan fingerprint density at radius 3 is 2.46 bits per heavy atom. The van der Waals surface area contributed by atoms with E-state index in [9.17, 15) is 17.6 Å². The van der Waals surface area contributed by atoms with Crippen LogP contribution in [0.1, 0.15) is 39.5 Å². The van der Waals surface area contributed by atoms with E-state index >= 15 is 0 Å². The molecule has 0 saturated heterocycles. The molecule has 0 unspecified atom stereocenters. The van der Waals surface area contributed by atoms with E-state index < -0.39 is 26.2 Å². The van der Waals surface area contributed by atoms with Gasteiger partial charge in [-0.1, -0.05) is 13.8 Å². The molecule has 1 aromatic carbocycles. The molecule has 0 atom stereocenters. The molecule has 1 fully saturated rings. The highest BCUT2D eigenvalue weighted by atomic mass is 32.2. The Morgan fingerprint density at radius 2 is 1.96 bits per heavy atom. The molecule has 0 aromatic heterocycles. The highest BCUT2D eigenvalue weighted by Gasteiger charge is 2.34. The molecule has 0 bridgehead atoms. The minimum absolute atomic E-state index is 0.127. The van der Waals surface area contributed by atoms with Crippen LogP contribution in [0.4, 0.5) is 10.1 Å². The maximum Gasteiger partial charge on any atom is 0.243 e. The van der Waals surface area contributed by atoms with E-state index in [0.29, 0.717) is 12.8 Å². The molecule has 24 heavy (non-hydrogen) atoms. The summed E-state index contributed by atoms with van der Waals surface area (Å²) in [5.74, 6) is -1.14. The standard InChI is InChI=1S/C16H24FN3O3S/c1-3-16(4-2,10-18)15(21)19-12-7-8-13(17)14(9-12)24(22,23)20-11-5-6-11/h7-9,11,20H,3-6,10,18H2,1-2H3,(H,19,21). The lowest BCUT2D eigenvalue weighted by atomic mass is 9.81. The molecule has 6 nitrogen and oxygen atoms in total. The number of anilines is 1. The number of hydrogen-bond donors (Lipinski definition) is 3. The average Bonchev–Trinajstić information content (AvgIpc) is 3.34. The minimum atomic E-state index is -3.94. The second-order valence-corrected chi connectivity index (χ2v) is 7.87. The van der Waals surface area contributed by atoms with Crippen LogP contribution in [0.5, 0.6) is 0 Å². The predicted molar refractivity (Wildman–Crippen MR) is 90.4 cm³/mol. The molecular weight excluding hydrogens is 333 g/mol. The summed E-state index contributed by atoms with van der Waals surface area (Å²) >= 11 is 0.